The van der Waals surface area contributed by atoms with Crippen molar-refractivity contribution in [2.45, 2.75) is 6.54 Å². The molecular formula is C19H16ClN5O2S. The van der Waals surface area contributed by atoms with E-state index in [1.54, 1.807) is 34.9 Å². The molecule has 0 aliphatic carbocycles. The minimum Gasteiger partial charge on any atom is -0.331 e. The van der Waals surface area contributed by atoms with Crippen LogP contribution >= 0.6 is 22.9 Å². The molecule has 0 aliphatic rings. The van der Waals surface area contributed by atoms with Crippen LogP contribution in [-0.2, 0) is 6.54 Å². The van der Waals surface area contributed by atoms with E-state index in [2.05, 4.69) is 15.3 Å². The van der Waals surface area contributed by atoms with E-state index in [9.17, 15) is 9.59 Å². The standard InChI is InChI=1S/C19H16ClN5O2S/c20-12-6-9-28-17(12)15-14(24-18(26)11-4-2-1-3-5-11)13-16(25(15)8-7-21)19(27)23-10-22-13/h1-6,9-10H,7-8,21H2,(H,24,26)(H,22,23,27). The normalized spacial score (nSPS) is 11.1. The third-order valence-corrected chi connectivity index (χ3v) is 5.65. The molecule has 0 saturated heterocycles. The fourth-order valence-electron chi connectivity index (χ4n) is 3.13. The molecule has 142 valence electrons. The van der Waals surface area contributed by atoms with E-state index in [0.717, 1.165) is 4.88 Å². The summed E-state index contributed by atoms with van der Waals surface area (Å²) in [6.07, 6.45) is 1.31. The Morgan fingerprint density at radius 2 is 2.07 bits per heavy atom. The number of benzene rings is 1. The van der Waals surface area contributed by atoms with Crippen molar-refractivity contribution in [3.05, 3.63) is 69.0 Å². The number of aromatic nitrogens is 3. The van der Waals surface area contributed by atoms with Gasteiger partial charge in [-0.1, -0.05) is 29.8 Å². The van der Waals surface area contributed by atoms with Gasteiger partial charge in [0.05, 0.1) is 27.6 Å². The monoisotopic (exact) mass is 413 g/mol. The molecule has 0 atom stereocenters. The van der Waals surface area contributed by atoms with Crippen molar-refractivity contribution in [3.63, 3.8) is 0 Å². The number of carbonyl (C=O) groups is 1. The van der Waals surface area contributed by atoms with Gasteiger partial charge in [0.15, 0.2) is 0 Å². The molecule has 0 saturated carbocycles. The summed E-state index contributed by atoms with van der Waals surface area (Å²) in [4.78, 5) is 33.0. The molecule has 7 nitrogen and oxygen atoms in total. The Balaban J connectivity index is 1.99. The van der Waals surface area contributed by atoms with Crippen LogP contribution in [0.25, 0.3) is 21.6 Å². The Morgan fingerprint density at radius 1 is 1.29 bits per heavy atom. The minimum absolute atomic E-state index is 0.302. The summed E-state index contributed by atoms with van der Waals surface area (Å²) in [5, 5.41) is 5.30. The van der Waals surface area contributed by atoms with Gasteiger partial charge in [-0.3, -0.25) is 9.59 Å². The van der Waals surface area contributed by atoms with Crippen molar-refractivity contribution in [2.24, 2.45) is 5.73 Å². The smallest absolute Gasteiger partial charge is 0.275 e. The highest BCUT2D eigenvalue weighted by atomic mass is 35.5. The molecular weight excluding hydrogens is 398 g/mol. The summed E-state index contributed by atoms with van der Waals surface area (Å²) < 4.78 is 1.76. The van der Waals surface area contributed by atoms with E-state index in [1.807, 2.05) is 11.4 Å². The number of aromatic amines is 1. The number of anilines is 1. The number of thiophene rings is 1. The zero-order valence-corrected chi connectivity index (χ0v) is 16.2. The largest absolute Gasteiger partial charge is 0.331 e. The van der Waals surface area contributed by atoms with Crippen molar-refractivity contribution in [2.75, 3.05) is 11.9 Å². The second-order valence-corrected chi connectivity index (χ2v) is 7.33. The molecule has 0 radical (unpaired) electrons. The van der Waals surface area contributed by atoms with E-state index in [1.165, 1.54) is 17.7 Å². The number of nitrogens with one attached hydrogen (secondary N) is 2. The van der Waals surface area contributed by atoms with Crippen LogP contribution < -0.4 is 16.6 Å². The molecule has 1 aromatic carbocycles. The van der Waals surface area contributed by atoms with Gasteiger partial charge < -0.3 is 20.6 Å². The first-order valence-corrected chi connectivity index (χ1v) is 9.77. The van der Waals surface area contributed by atoms with E-state index >= 15 is 0 Å². The highest BCUT2D eigenvalue weighted by Gasteiger charge is 2.25. The van der Waals surface area contributed by atoms with Crippen LogP contribution in [-0.4, -0.2) is 27.0 Å². The number of H-pyrrole nitrogens is 1. The summed E-state index contributed by atoms with van der Waals surface area (Å²) in [6.45, 7) is 0.677. The van der Waals surface area contributed by atoms with Crippen LogP contribution in [0.5, 0.6) is 0 Å². The van der Waals surface area contributed by atoms with Gasteiger partial charge in [-0.05, 0) is 23.6 Å². The first kappa shape index (κ1) is 18.4. The maximum atomic E-state index is 12.8. The van der Waals surface area contributed by atoms with Crippen LogP contribution in [0.1, 0.15) is 10.4 Å². The summed E-state index contributed by atoms with van der Waals surface area (Å²) in [7, 11) is 0. The fraction of sp³-hybridized carbons (Fsp3) is 0.105. The van der Waals surface area contributed by atoms with Crippen LogP contribution in [0.2, 0.25) is 5.02 Å². The van der Waals surface area contributed by atoms with Crippen LogP contribution in [0, 0.1) is 0 Å². The number of hydrogen-bond donors (Lipinski definition) is 3. The maximum Gasteiger partial charge on any atom is 0.275 e. The van der Waals surface area contributed by atoms with Gasteiger partial charge in [-0.2, -0.15) is 0 Å². The third-order valence-electron chi connectivity index (χ3n) is 4.30. The number of rotatable bonds is 5. The fourth-order valence-corrected chi connectivity index (χ4v) is 4.34. The molecule has 4 aromatic rings. The first-order valence-electron chi connectivity index (χ1n) is 8.51. The van der Waals surface area contributed by atoms with Gasteiger partial charge in [0.1, 0.15) is 11.0 Å². The lowest BCUT2D eigenvalue weighted by molar-refractivity contribution is 0.102. The van der Waals surface area contributed by atoms with Crippen molar-refractivity contribution >= 4 is 45.6 Å². The Bertz CT molecular complexity index is 1210. The molecule has 28 heavy (non-hydrogen) atoms. The van der Waals surface area contributed by atoms with Crippen LogP contribution in [0.3, 0.4) is 0 Å². The minimum atomic E-state index is -0.312. The molecule has 4 N–H and O–H groups in total. The molecule has 0 aliphatic heterocycles. The Kier molecular flexibility index (Phi) is 4.99. The molecule has 0 bridgehead atoms. The number of amides is 1. The van der Waals surface area contributed by atoms with Gasteiger partial charge in [-0.25, -0.2) is 4.98 Å². The predicted octanol–water partition coefficient (Wildman–Crippen LogP) is 3.32. The number of fused-ring (bicyclic) bond motifs is 1. The van der Waals surface area contributed by atoms with E-state index < -0.39 is 0 Å². The topological polar surface area (TPSA) is 106 Å². The van der Waals surface area contributed by atoms with Crippen molar-refractivity contribution in [1.82, 2.24) is 14.5 Å². The second kappa shape index (κ2) is 7.59. The van der Waals surface area contributed by atoms with Crippen LogP contribution in [0.15, 0.2) is 52.9 Å². The van der Waals surface area contributed by atoms with Gasteiger partial charge in [0.25, 0.3) is 11.5 Å². The second-order valence-electron chi connectivity index (χ2n) is 6.01. The molecule has 1 amide bonds. The molecule has 9 heteroatoms. The lowest BCUT2D eigenvalue weighted by atomic mass is 10.2. The maximum absolute atomic E-state index is 12.8. The summed E-state index contributed by atoms with van der Waals surface area (Å²) in [5.41, 5.74) is 7.77. The van der Waals surface area contributed by atoms with Crippen LogP contribution in [0.4, 0.5) is 5.69 Å². The quantitative estimate of drug-likeness (QED) is 0.466. The molecule has 4 rings (SSSR count). The third kappa shape index (κ3) is 3.11. The number of nitrogens with zero attached hydrogens (tertiary/aromatic N) is 2. The average molecular weight is 414 g/mol. The summed E-state index contributed by atoms with van der Waals surface area (Å²) in [5.74, 6) is -0.302. The average Bonchev–Trinajstić information content (AvgIpc) is 3.25. The van der Waals surface area contributed by atoms with Gasteiger partial charge in [0, 0.05) is 18.7 Å². The van der Waals surface area contributed by atoms with E-state index in [-0.39, 0.29) is 11.5 Å². The van der Waals surface area contributed by atoms with Crippen molar-refractivity contribution < 1.29 is 4.79 Å². The Labute approximate surface area is 168 Å². The first-order chi connectivity index (χ1) is 13.6. The Morgan fingerprint density at radius 3 is 2.75 bits per heavy atom. The molecule has 0 spiro atoms. The lowest BCUT2D eigenvalue weighted by Gasteiger charge is -2.11. The zero-order chi connectivity index (χ0) is 19.7. The summed E-state index contributed by atoms with van der Waals surface area (Å²) >= 11 is 7.80. The number of halogens is 1. The summed E-state index contributed by atoms with van der Waals surface area (Å²) in [6, 6.07) is 10.6. The van der Waals surface area contributed by atoms with Gasteiger partial charge >= 0.3 is 0 Å². The van der Waals surface area contributed by atoms with Gasteiger partial charge in [-0.15, -0.1) is 11.3 Å². The number of nitrogens with two attached hydrogens (primary N) is 1. The van der Waals surface area contributed by atoms with E-state index in [4.69, 9.17) is 17.3 Å². The van der Waals surface area contributed by atoms with Crippen molar-refractivity contribution in [1.29, 1.82) is 0 Å². The predicted molar refractivity (Wildman–Crippen MR) is 112 cm³/mol. The molecule has 0 fully saturated rings. The van der Waals surface area contributed by atoms with Gasteiger partial charge in [0.2, 0.25) is 0 Å². The zero-order valence-electron chi connectivity index (χ0n) is 14.6. The lowest BCUT2D eigenvalue weighted by Crippen LogP contribution is -2.16. The Hall–Kier alpha value is -2.94. The highest BCUT2D eigenvalue weighted by molar-refractivity contribution is 7.14. The molecule has 0 unspecified atom stereocenters. The number of hydrogen-bond acceptors (Lipinski definition) is 5. The van der Waals surface area contributed by atoms with Crippen molar-refractivity contribution in [3.8, 4) is 10.6 Å². The van der Waals surface area contributed by atoms with E-state index in [0.29, 0.717) is 46.1 Å². The number of carbonyl (C=O) groups excluding carboxylic acids is 1. The highest BCUT2D eigenvalue weighted by Crippen LogP contribution is 2.42. The SMILES string of the molecule is NCCn1c(-c2sccc2Cl)c(NC(=O)c2ccccc2)c2nc[nH]c(=O)c21. The molecule has 3 aromatic heterocycles. The molecule has 3 heterocycles.